The second kappa shape index (κ2) is 7.04. The fourth-order valence-electron chi connectivity index (χ4n) is 1.31. The van der Waals surface area contributed by atoms with E-state index >= 15 is 0 Å². The van der Waals surface area contributed by atoms with Crippen molar-refractivity contribution < 1.29 is 9.53 Å². The Hall–Kier alpha value is -0.390. The van der Waals surface area contributed by atoms with Crippen LogP contribution in [-0.2, 0) is 16.1 Å². The standard InChI is InChI=1S/C11H16BrNO2S/c1-3-10(11(14)15-4-2)13-6-9-5-8(12)7-16-9/h5,7,10,13H,3-4,6H2,1-2H3. The monoisotopic (exact) mass is 305 g/mol. The third-order valence-electron chi connectivity index (χ3n) is 2.12. The molecule has 1 N–H and O–H groups in total. The van der Waals surface area contributed by atoms with E-state index in [4.69, 9.17) is 4.74 Å². The molecule has 1 aromatic heterocycles. The van der Waals surface area contributed by atoms with Crippen LogP contribution >= 0.6 is 27.3 Å². The lowest BCUT2D eigenvalue weighted by molar-refractivity contribution is -0.145. The van der Waals surface area contributed by atoms with Crippen LogP contribution in [-0.4, -0.2) is 18.6 Å². The van der Waals surface area contributed by atoms with Crippen molar-refractivity contribution in [2.75, 3.05) is 6.61 Å². The summed E-state index contributed by atoms with van der Waals surface area (Å²) in [7, 11) is 0. The maximum atomic E-state index is 11.5. The number of rotatable bonds is 6. The van der Waals surface area contributed by atoms with Gasteiger partial charge < -0.3 is 4.74 Å². The first-order valence-corrected chi connectivity index (χ1v) is 6.97. The molecular weight excluding hydrogens is 290 g/mol. The lowest BCUT2D eigenvalue weighted by Gasteiger charge is -2.14. The maximum Gasteiger partial charge on any atom is 0.323 e. The molecular formula is C11H16BrNO2S. The Kier molecular flexibility index (Phi) is 6.01. The summed E-state index contributed by atoms with van der Waals surface area (Å²) in [5, 5.41) is 5.23. The van der Waals surface area contributed by atoms with Gasteiger partial charge in [-0.2, -0.15) is 0 Å². The number of hydrogen-bond acceptors (Lipinski definition) is 4. The molecule has 0 fully saturated rings. The van der Waals surface area contributed by atoms with Crippen LogP contribution in [0, 0.1) is 0 Å². The van der Waals surface area contributed by atoms with Crippen LogP contribution in [0.1, 0.15) is 25.1 Å². The number of carbonyl (C=O) groups excluding carboxylic acids is 1. The van der Waals surface area contributed by atoms with E-state index in [1.54, 1.807) is 11.3 Å². The van der Waals surface area contributed by atoms with Crippen molar-refractivity contribution in [1.29, 1.82) is 0 Å². The minimum atomic E-state index is -0.208. The molecule has 5 heteroatoms. The Labute approximate surface area is 108 Å². The van der Waals surface area contributed by atoms with E-state index in [0.29, 0.717) is 13.2 Å². The highest BCUT2D eigenvalue weighted by Crippen LogP contribution is 2.19. The summed E-state index contributed by atoms with van der Waals surface area (Å²) in [6.45, 7) is 4.93. The molecule has 0 bridgehead atoms. The molecule has 90 valence electrons. The van der Waals surface area contributed by atoms with Crippen molar-refractivity contribution in [3.05, 3.63) is 20.8 Å². The van der Waals surface area contributed by atoms with Crippen LogP contribution in [0.4, 0.5) is 0 Å². The normalized spacial score (nSPS) is 12.4. The summed E-state index contributed by atoms with van der Waals surface area (Å²) in [4.78, 5) is 12.7. The Bertz CT molecular complexity index is 340. The number of thiophene rings is 1. The number of hydrogen-bond donors (Lipinski definition) is 1. The molecule has 0 saturated carbocycles. The molecule has 16 heavy (non-hydrogen) atoms. The van der Waals surface area contributed by atoms with Gasteiger partial charge >= 0.3 is 5.97 Å². The fraction of sp³-hybridized carbons (Fsp3) is 0.545. The molecule has 0 amide bonds. The van der Waals surface area contributed by atoms with Gasteiger partial charge in [0, 0.05) is 21.3 Å². The maximum absolute atomic E-state index is 11.5. The van der Waals surface area contributed by atoms with Crippen LogP contribution in [0.3, 0.4) is 0 Å². The lowest BCUT2D eigenvalue weighted by Crippen LogP contribution is -2.36. The minimum Gasteiger partial charge on any atom is -0.465 e. The molecule has 1 rings (SSSR count). The molecule has 1 heterocycles. The van der Waals surface area contributed by atoms with Gasteiger partial charge in [-0.1, -0.05) is 6.92 Å². The van der Waals surface area contributed by atoms with Crippen molar-refractivity contribution in [3.63, 3.8) is 0 Å². The third kappa shape index (κ3) is 4.23. The van der Waals surface area contributed by atoms with Crippen LogP contribution in [0.25, 0.3) is 0 Å². The molecule has 0 aromatic carbocycles. The molecule has 0 radical (unpaired) electrons. The zero-order chi connectivity index (χ0) is 12.0. The number of halogens is 1. The molecule has 1 aromatic rings. The molecule has 0 aliphatic carbocycles. The summed E-state index contributed by atoms with van der Waals surface area (Å²) >= 11 is 5.07. The Morgan fingerprint density at radius 2 is 2.38 bits per heavy atom. The average molecular weight is 306 g/mol. The molecule has 0 saturated heterocycles. The highest BCUT2D eigenvalue weighted by Gasteiger charge is 2.16. The smallest absolute Gasteiger partial charge is 0.323 e. The number of nitrogens with one attached hydrogen (secondary N) is 1. The predicted molar refractivity (Wildman–Crippen MR) is 69.6 cm³/mol. The van der Waals surface area contributed by atoms with Crippen LogP contribution in [0.15, 0.2) is 15.9 Å². The van der Waals surface area contributed by atoms with Crippen molar-refractivity contribution in [2.45, 2.75) is 32.9 Å². The van der Waals surface area contributed by atoms with Crippen LogP contribution < -0.4 is 5.32 Å². The Morgan fingerprint density at radius 3 is 2.88 bits per heavy atom. The van der Waals surface area contributed by atoms with Gasteiger partial charge in [0.05, 0.1) is 6.61 Å². The van der Waals surface area contributed by atoms with Gasteiger partial charge in [0.2, 0.25) is 0 Å². The van der Waals surface area contributed by atoms with Gasteiger partial charge in [-0.15, -0.1) is 11.3 Å². The first-order valence-electron chi connectivity index (χ1n) is 5.30. The Morgan fingerprint density at radius 1 is 1.62 bits per heavy atom. The van der Waals surface area contributed by atoms with E-state index in [1.165, 1.54) is 4.88 Å². The zero-order valence-electron chi connectivity index (χ0n) is 9.46. The van der Waals surface area contributed by atoms with E-state index in [9.17, 15) is 4.79 Å². The van der Waals surface area contributed by atoms with E-state index in [1.807, 2.05) is 19.2 Å². The first kappa shape index (κ1) is 13.7. The summed E-state index contributed by atoms with van der Waals surface area (Å²) in [5.41, 5.74) is 0. The quantitative estimate of drug-likeness (QED) is 0.821. The summed E-state index contributed by atoms with van der Waals surface area (Å²) in [6, 6.07) is 1.84. The van der Waals surface area contributed by atoms with E-state index < -0.39 is 0 Å². The fourth-order valence-corrected chi connectivity index (χ4v) is 2.71. The van der Waals surface area contributed by atoms with Gasteiger partial charge in [0.15, 0.2) is 0 Å². The van der Waals surface area contributed by atoms with Crippen LogP contribution in [0.2, 0.25) is 0 Å². The highest BCUT2D eigenvalue weighted by molar-refractivity contribution is 9.10. The van der Waals surface area contributed by atoms with Crippen LogP contribution in [0.5, 0.6) is 0 Å². The van der Waals surface area contributed by atoms with Crippen molar-refractivity contribution in [3.8, 4) is 0 Å². The Balaban J connectivity index is 2.42. The first-order chi connectivity index (χ1) is 7.67. The second-order valence-electron chi connectivity index (χ2n) is 3.33. The van der Waals surface area contributed by atoms with Crippen molar-refractivity contribution in [1.82, 2.24) is 5.32 Å². The SMILES string of the molecule is CCOC(=O)C(CC)NCc1cc(Br)cs1. The minimum absolute atomic E-state index is 0.166. The molecule has 1 unspecified atom stereocenters. The van der Waals surface area contributed by atoms with Crippen molar-refractivity contribution >= 4 is 33.2 Å². The highest BCUT2D eigenvalue weighted by atomic mass is 79.9. The number of ether oxygens (including phenoxy) is 1. The van der Waals surface area contributed by atoms with Gasteiger partial charge in [0.25, 0.3) is 0 Å². The van der Waals surface area contributed by atoms with E-state index in [-0.39, 0.29) is 12.0 Å². The summed E-state index contributed by atoms with van der Waals surface area (Å²) in [5.74, 6) is -0.166. The third-order valence-corrected chi connectivity index (χ3v) is 3.82. The molecule has 0 spiro atoms. The largest absolute Gasteiger partial charge is 0.465 e. The van der Waals surface area contributed by atoms with E-state index in [2.05, 4.69) is 27.3 Å². The van der Waals surface area contributed by atoms with Gasteiger partial charge in [-0.25, -0.2) is 0 Å². The van der Waals surface area contributed by atoms with Gasteiger partial charge in [0.1, 0.15) is 6.04 Å². The topological polar surface area (TPSA) is 38.3 Å². The van der Waals surface area contributed by atoms with E-state index in [0.717, 1.165) is 10.9 Å². The summed E-state index contributed by atoms with van der Waals surface area (Å²) in [6.07, 6.45) is 0.741. The molecule has 0 aliphatic rings. The van der Waals surface area contributed by atoms with Gasteiger partial charge in [-0.05, 0) is 35.3 Å². The molecule has 1 atom stereocenters. The zero-order valence-corrected chi connectivity index (χ0v) is 11.9. The number of carbonyl (C=O) groups is 1. The number of esters is 1. The summed E-state index contributed by atoms with van der Waals surface area (Å²) < 4.78 is 6.06. The molecule has 3 nitrogen and oxygen atoms in total. The average Bonchev–Trinajstić information content (AvgIpc) is 2.65. The van der Waals surface area contributed by atoms with Gasteiger partial charge in [-0.3, -0.25) is 10.1 Å². The van der Waals surface area contributed by atoms with Crippen molar-refractivity contribution in [2.24, 2.45) is 0 Å². The molecule has 0 aliphatic heterocycles. The second-order valence-corrected chi connectivity index (χ2v) is 5.24. The predicted octanol–water partition coefficient (Wildman–Crippen LogP) is 2.94. The lowest BCUT2D eigenvalue weighted by atomic mass is 10.2.